The van der Waals surface area contributed by atoms with Gasteiger partial charge in [0, 0.05) is 42.6 Å². The molecule has 2 amide bonds. The highest BCUT2D eigenvalue weighted by atomic mass is 79.9. The Bertz CT molecular complexity index is 1070. The van der Waals surface area contributed by atoms with Crippen molar-refractivity contribution in [2.75, 3.05) is 40.3 Å². The summed E-state index contributed by atoms with van der Waals surface area (Å²) in [5, 5.41) is 10.7. The number of benzene rings is 2. The zero-order chi connectivity index (χ0) is 24.5. The van der Waals surface area contributed by atoms with Crippen LogP contribution in [0.15, 0.2) is 59.1 Å². The lowest BCUT2D eigenvalue weighted by Gasteiger charge is -2.41. The van der Waals surface area contributed by atoms with Crippen LogP contribution in [0, 0.1) is 5.82 Å². The SMILES string of the molecule is CN1CCC(N(C)C(=O)N2CC(c3cc(Br)ccc3F)=C[C@@]2(CO)c2ccccc2)CC(F)C1. The summed E-state index contributed by atoms with van der Waals surface area (Å²) in [6, 6.07) is 13.4. The number of rotatable bonds is 4. The predicted molar refractivity (Wildman–Crippen MR) is 133 cm³/mol. The van der Waals surface area contributed by atoms with E-state index in [1.807, 2.05) is 42.3 Å². The number of carbonyl (C=O) groups is 1. The van der Waals surface area contributed by atoms with Crippen LogP contribution in [-0.2, 0) is 5.54 Å². The maximum Gasteiger partial charge on any atom is 0.321 e. The fourth-order valence-electron chi connectivity index (χ4n) is 5.04. The van der Waals surface area contributed by atoms with Gasteiger partial charge in [0.25, 0.3) is 0 Å². The molecule has 2 unspecified atom stereocenters. The Morgan fingerprint density at radius 1 is 1.26 bits per heavy atom. The second-order valence-electron chi connectivity index (χ2n) is 9.26. The molecule has 8 heteroatoms. The molecule has 5 nitrogen and oxygen atoms in total. The number of aliphatic hydroxyl groups is 1. The quantitative estimate of drug-likeness (QED) is 0.621. The van der Waals surface area contributed by atoms with E-state index < -0.39 is 17.5 Å². The lowest BCUT2D eigenvalue weighted by atomic mass is 9.89. The van der Waals surface area contributed by atoms with E-state index in [-0.39, 0.29) is 31.6 Å². The number of aliphatic hydroxyl groups excluding tert-OH is 1. The summed E-state index contributed by atoms with van der Waals surface area (Å²) in [7, 11) is 3.57. The summed E-state index contributed by atoms with van der Waals surface area (Å²) in [4.78, 5) is 19.0. The van der Waals surface area contributed by atoms with Crippen LogP contribution < -0.4 is 0 Å². The van der Waals surface area contributed by atoms with Gasteiger partial charge in [-0.15, -0.1) is 0 Å². The third-order valence-corrected chi connectivity index (χ3v) is 7.47. The van der Waals surface area contributed by atoms with Crippen LogP contribution in [-0.4, -0.2) is 78.4 Å². The molecule has 0 aromatic heterocycles. The predicted octanol–water partition coefficient (Wildman–Crippen LogP) is 4.66. The van der Waals surface area contributed by atoms with Crippen molar-refractivity contribution in [3.63, 3.8) is 0 Å². The van der Waals surface area contributed by atoms with Crippen molar-refractivity contribution in [2.45, 2.75) is 30.6 Å². The van der Waals surface area contributed by atoms with Gasteiger partial charge in [-0.3, -0.25) is 0 Å². The molecule has 2 heterocycles. The molecule has 0 spiro atoms. The van der Waals surface area contributed by atoms with Gasteiger partial charge in [0.15, 0.2) is 0 Å². The number of urea groups is 1. The van der Waals surface area contributed by atoms with Crippen LogP contribution in [0.2, 0.25) is 0 Å². The van der Waals surface area contributed by atoms with Gasteiger partial charge in [0.1, 0.15) is 17.5 Å². The smallest absolute Gasteiger partial charge is 0.321 e. The van der Waals surface area contributed by atoms with Crippen LogP contribution in [0.1, 0.15) is 24.0 Å². The molecule has 1 fully saturated rings. The van der Waals surface area contributed by atoms with Crippen LogP contribution >= 0.6 is 15.9 Å². The van der Waals surface area contributed by atoms with Crippen molar-refractivity contribution in [1.29, 1.82) is 0 Å². The van der Waals surface area contributed by atoms with Crippen molar-refractivity contribution in [3.8, 4) is 0 Å². The van der Waals surface area contributed by atoms with Crippen LogP contribution in [0.3, 0.4) is 0 Å². The summed E-state index contributed by atoms with van der Waals surface area (Å²) < 4.78 is 30.0. The van der Waals surface area contributed by atoms with Crippen molar-refractivity contribution < 1.29 is 18.7 Å². The number of carbonyl (C=O) groups excluding carboxylic acids is 1. The Morgan fingerprint density at radius 3 is 2.71 bits per heavy atom. The average Bonchev–Trinajstić information content (AvgIpc) is 3.14. The number of hydrogen-bond acceptors (Lipinski definition) is 3. The van der Waals surface area contributed by atoms with Crippen LogP contribution in [0.5, 0.6) is 0 Å². The number of nitrogens with zero attached hydrogens (tertiary/aromatic N) is 3. The first-order valence-electron chi connectivity index (χ1n) is 11.5. The molecule has 0 radical (unpaired) electrons. The number of alkyl halides is 1. The highest BCUT2D eigenvalue weighted by molar-refractivity contribution is 9.10. The van der Waals surface area contributed by atoms with Crippen molar-refractivity contribution in [2.24, 2.45) is 0 Å². The molecule has 2 aromatic carbocycles. The molecule has 0 bridgehead atoms. The molecule has 0 saturated carbocycles. The van der Waals surface area contributed by atoms with E-state index in [2.05, 4.69) is 15.9 Å². The van der Waals surface area contributed by atoms with E-state index >= 15 is 0 Å². The van der Waals surface area contributed by atoms with Gasteiger partial charge in [-0.25, -0.2) is 13.6 Å². The van der Waals surface area contributed by atoms with Crippen molar-refractivity contribution in [3.05, 3.63) is 76.0 Å². The topological polar surface area (TPSA) is 47.0 Å². The van der Waals surface area contributed by atoms with Gasteiger partial charge in [-0.05, 0) is 55.4 Å². The fraction of sp³-hybridized carbons (Fsp3) is 0.423. The zero-order valence-electron chi connectivity index (χ0n) is 19.4. The third kappa shape index (κ3) is 4.76. The molecule has 1 N–H and O–H groups in total. The highest BCUT2D eigenvalue weighted by Gasteiger charge is 2.46. The number of likely N-dealkylation sites (tertiary alicyclic amines) is 1. The monoisotopic (exact) mass is 533 g/mol. The normalized spacial score (nSPS) is 25.7. The molecule has 4 rings (SSSR count). The number of halogens is 3. The van der Waals surface area contributed by atoms with Gasteiger partial charge >= 0.3 is 6.03 Å². The molecule has 0 aliphatic carbocycles. The molecule has 3 atom stereocenters. The Morgan fingerprint density at radius 2 is 2.00 bits per heavy atom. The average molecular weight is 534 g/mol. The number of amides is 2. The minimum absolute atomic E-state index is 0.123. The second-order valence-corrected chi connectivity index (χ2v) is 10.2. The molecule has 1 saturated heterocycles. The molecule has 182 valence electrons. The minimum Gasteiger partial charge on any atom is -0.393 e. The molecule has 2 aromatic rings. The third-order valence-electron chi connectivity index (χ3n) is 6.97. The second kappa shape index (κ2) is 10.1. The standard InChI is InChI=1S/C26H30BrF2N3O2/c1-30-11-10-22(13-21(28)16-30)31(2)25(34)32-15-18(23-12-20(27)8-9-24(23)29)14-26(32,17-33)19-6-4-3-5-7-19/h3-9,12,14,21-22,33H,10-11,13,15-17H2,1-2H3/t21?,22?,26-/m1/s1. The maximum absolute atomic E-state index is 14.8. The molecule has 2 aliphatic heterocycles. The summed E-state index contributed by atoms with van der Waals surface area (Å²) in [5.41, 5.74) is 0.560. The lowest BCUT2D eigenvalue weighted by Crippen LogP contribution is -2.54. The van der Waals surface area contributed by atoms with Gasteiger partial charge in [0.2, 0.25) is 0 Å². The summed E-state index contributed by atoms with van der Waals surface area (Å²) in [6.45, 7) is 0.798. The highest BCUT2D eigenvalue weighted by Crippen LogP contribution is 2.42. The minimum atomic E-state index is -1.16. The van der Waals surface area contributed by atoms with E-state index in [9.17, 15) is 18.7 Å². The summed E-state index contributed by atoms with van der Waals surface area (Å²) >= 11 is 3.40. The Labute approximate surface area is 207 Å². The van der Waals surface area contributed by atoms with Crippen molar-refractivity contribution in [1.82, 2.24) is 14.7 Å². The Kier molecular flexibility index (Phi) is 7.40. The maximum atomic E-state index is 14.8. The van der Waals surface area contributed by atoms with Gasteiger partial charge < -0.3 is 19.8 Å². The summed E-state index contributed by atoms with van der Waals surface area (Å²) in [6.07, 6.45) is 1.69. The van der Waals surface area contributed by atoms with E-state index in [0.717, 1.165) is 10.0 Å². The molecular formula is C26H30BrF2N3O2. The van der Waals surface area contributed by atoms with Gasteiger partial charge in [-0.2, -0.15) is 0 Å². The van der Waals surface area contributed by atoms with Crippen molar-refractivity contribution >= 4 is 27.5 Å². The molecular weight excluding hydrogens is 504 g/mol. The van der Waals surface area contributed by atoms with E-state index in [4.69, 9.17) is 0 Å². The first kappa shape index (κ1) is 24.8. The summed E-state index contributed by atoms with van der Waals surface area (Å²) in [5.74, 6) is -0.399. The zero-order valence-corrected chi connectivity index (χ0v) is 21.0. The van der Waals surface area contributed by atoms with E-state index in [1.54, 1.807) is 35.1 Å². The Hall–Kier alpha value is -2.29. The van der Waals surface area contributed by atoms with E-state index in [1.165, 1.54) is 6.07 Å². The number of hydrogen-bond donors (Lipinski definition) is 1. The van der Waals surface area contributed by atoms with Gasteiger partial charge in [-0.1, -0.05) is 46.3 Å². The van der Waals surface area contributed by atoms with Crippen LogP contribution in [0.4, 0.5) is 13.6 Å². The van der Waals surface area contributed by atoms with E-state index in [0.29, 0.717) is 30.6 Å². The fourth-order valence-corrected chi connectivity index (χ4v) is 5.40. The molecule has 34 heavy (non-hydrogen) atoms. The van der Waals surface area contributed by atoms with Crippen LogP contribution in [0.25, 0.3) is 5.57 Å². The molecule has 2 aliphatic rings. The first-order chi connectivity index (χ1) is 16.2. The lowest BCUT2D eigenvalue weighted by molar-refractivity contribution is 0.0758. The van der Waals surface area contributed by atoms with Gasteiger partial charge in [0.05, 0.1) is 6.61 Å². The first-order valence-corrected chi connectivity index (χ1v) is 12.2. The Balaban J connectivity index is 1.73. The largest absolute Gasteiger partial charge is 0.393 e.